The lowest BCUT2D eigenvalue weighted by Crippen LogP contribution is -2.45. The lowest BCUT2D eigenvalue weighted by molar-refractivity contribution is -0.141. The van der Waals surface area contributed by atoms with Gasteiger partial charge in [-0.1, -0.05) is 28.1 Å². The largest absolute Gasteiger partial charge is 0.465 e. The Morgan fingerprint density at radius 1 is 1.29 bits per heavy atom. The molecule has 0 radical (unpaired) electrons. The number of esters is 1. The first-order chi connectivity index (χ1) is 13.5. The smallest absolute Gasteiger partial charge is 0.325 e. The molecule has 1 aliphatic heterocycles. The Bertz CT molecular complexity index is 830. The fourth-order valence-corrected chi connectivity index (χ4v) is 4.65. The fraction of sp³-hybridized carbons (Fsp3) is 0.450. The summed E-state index contributed by atoms with van der Waals surface area (Å²) in [5.74, 6) is -0.0496. The number of carbonyl (C=O) groups excluding carboxylic acids is 2. The van der Waals surface area contributed by atoms with Gasteiger partial charge >= 0.3 is 12.0 Å². The molecule has 0 bridgehead atoms. The lowest BCUT2D eigenvalue weighted by Gasteiger charge is -2.31. The number of hydrogen-bond acceptors (Lipinski definition) is 5. The number of carbonyl (C=O) groups is 2. The standard InChI is InChI=1S/C20H24BrN3O3S/c1-3-27-17(25)12-22-20(26)24-10-8-15(9-11-24)19-23-18(13(2)28-19)14-4-6-16(21)7-5-14/h4-7,15H,3,8-12H2,1-2H3,(H,22,26). The second-order valence-corrected chi connectivity index (χ2v) is 8.84. The van der Waals surface area contributed by atoms with E-state index in [-0.39, 0.29) is 12.6 Å². The number of halogens is 1. The van der Waals surface area contributed by atoms with E-state index in [1.54, 1.807) is 23.2 Å². The molecule has 1 fully saturated rings. The summed E-state index contributed by atoms with van der Waals surface area (Å²) in [5.41, 5.74) is 2.17. The van der Waals surface area contributed by atoms with Crippen LogP contribution in [0.2, 0.25) is 0 Å². The van der Waals surface area contributed by atoms with Crippen LogP contribution in [0.5, 0.6) is 0 Å². The highest BCUT2D eigenvalue weighted by atomic mass is 79.9. The van der Waals surface area contributed by atoms with Crippen molar-refractivity contribution in [2.75, 3.05) is 26.2 Å². The number of ether oxygens (including phenoxy) is 1. The normalized spacial score (nSPS) is 14.8. The zero-order valence-corrected chi connectivity index (χ0v) is 18.4. The molecule has 3 rings (SSSR count). The topological polar surface area (TPSA) is 71.5 Å². The molecule has 2 amide bonds. The number of likely N-dealkylation sites (tertiary alicyclic amines) is 1. The van der Waals surface area contributed by atoms with Gasteiger partial charge in [0.05, 0.1) is 17.3 Å². The third-order valence-corrected chi connectivity index (χ3v) is 6.41. The van der Waals surface area contributed by atoms with E-state index < -0.39 is 5.97 Å². The van der Waals surface area contributed by atoms with E-state index in [1.165, 1.54) is 4.88 Å². The van der Waals surface area contributed by atoms with Crippen LogP contribution in [0.1, 0.15) is 35.6 Å². The van der Waals surface area contributed by atoms with Gasteiger partial charge in [0.1, 0.15) is 6.54 Å². The van der Waals surface area contributed by atoms with Gasteiger partial charge in [0.2, 0.25) is 0 Å². The van der Waals surface area contributed by atoms with E-state index in [2.05, 4.69) is 40.3 Å². The van der Waals surface area contributed by atoms with Crippen molar-refractivity contribution in [3.8, 4) is 11.3 Å². The molecule has 8 heteroatoms. The van der Waals surface area contributed by atoms with Crippen molar-refractivity contribution in [1.82, 2.24) is 15.2 Å². The summed E-state index contributed by atoms with van der Waals surface area (Å²) in [7, 11) is 0. The van der Waals surface area contributed by atoms with Gasteiger partial charge < -0.3 is 15.0 Å². The predicted octanol–water partition coefficient (Wildman–Crippen LogP) is 4.33. The summed E-state index contributed by atoms with van der Waals surface area (Å²) in [6, 6.07) is 8.00. The molecule has 150 valence electrons. The van der Waals surface area contributed by atoms with Crippen LogP contribution >= 0.6 is 27.3 Å². The van der Waals surface area contributed by atoms with Gasteiger partial charge in [0.15, 0.2) is 0 Å². The molecular weight excluding hydrogens is 442 g/mol. The van der Waals surface area contributed by atoms with Crippen LogP contribution in [0.15, 0.2) is 28.7 Å². The summed E-state index contributed by atoms with van der Waals surface area (Å²) >= 11 is 5.21. The van der Waals surface area contributed by atoms with Crippen LogP contribution in [0.4, 0.5) is 4.79 Å². The Labute approximate surface area is 177 Å². The number of benzene rings is 1. The van der Waals surface area contributed by atoms with E-state index >= 15 is 0 Å². The molecule has 1 aromatic carbocycles. The molecule has 6 nitrogen and oxygen atoms in total. The van der Waals surface area contributed by atoms with Crippen LogP contribution in [-0.4, -0.2) is 48.1 Å². The molecule has 2 heterocycles. The minimum atomic E-state index is -0.413. The van der Waals surface area contributed by atoms with Crippen LogP contribution in [-0.2, 0) is 9.53 Å². The van der Waals surface area contributed by atoms with Gasteiger partial charge in [0.25, 0.3) is 0 Å². The van der Waals surface area contributed by atoms with Crippen molar-refractivity contribution in [2.45, 2.75) is 32.6 Å². The van der Waals surface area contributed by atoms with Crippen LogP contribution < -0.4 is 5.32 Å². The van der Waals surface area contributed by atoms with Crippen molar-refractivity contribution in [2.24, 2.45) is 0 Å². The van der Waals surface area contributed by atoms with Crippen LogP contribution in [0.3, 0.4) is 0 Å². The zero-order valence-electron chi connectivity index (χ0n) is 16.0. The lowest BCUT2D eigenvalue weighted by atomic mass is 9.98. The number of aryl methyl sites for hydroxylation is 1. The molecule has 1 saturated heterocycles. The maximum Gasteiger partial charge on any atom is 0.325 e. The Morgan fingerprint density at radius 2 is 1.96 bits per heavy atom. The summed E-state index contributed by atoms with van der Waals surface area (Å²) < 4.78 is 5.88. The van der Waals surface area contributed by atoms with Crippen molar-refractivity contribution in [3.05, 3.63) is 38.6 Å². The number of thiazole rings is 1. The summed E-state index contributed by atoms with van der Waals surface area (Å²) in [4.78, 5) is 31.5. The van der Waals surface area contributed by atoms with Crippen LogP contribution in [0.25, 0.3) is 11.3 Å². The van der Waals surface area contributed by atoms with E-state index in [0.29, 0.717) is 25.6 Å². The number of urea groups is 1. The van der Waals surface area contributed by atoms with E-state index in [1.807, 2.05) is 12.1 Å². The highest BCUT2D eigenvalue weighted by Crippen LogP contribution is 2.36. The number of nitrogens with one attached hydrogen (secondary N) is 1. The first-order valence-corrected chi connectivity index (χ1v) is 11.0. The molecule has 1 N–H and O–H groups in total. The van der Waals surface area contributed by atoms with Gasteiger partial charge in [-0.25, -0.2) is 9.78 Å². The summed E-state index contributed by atoms with van der Waals surface area (Å²) in [5, 5.41) is 3.77. The molecule has 28 heavy (non-hydrogen) atoms. The average molecular weight is 466 g/mol. The Hall–Kier alpha value is -1.93. The van der Waals surface area contributed by atoms with Crippen molar-refractivity contribution in [3.63, 3.8) is 0 Å². The first kappa shape index (κ1) is 20.8. The summed E-state index contributed by atoms with van der Waals surface area (Å²) in [6.45, 7) is 5.39. The number of amides is 2. The van der Waals surface area contributed by atoms with Crippen molar-refractivity contribution < 1.29 is 14.3 Å². The maximum absolute atomic E-state index is 12.2. The second-order valence-electron chi connectivity index (χ2n) is 6.69. The molecule has 0 atom stereocenters. The minimum Gasteiger partial charge on any atom is -0.465 e. The number of piperidine rings is 1. The quantitative estimate of drug-likeness (QED) is 0.666. The van der Waals surface area contributed by atoms with Gasteiger partial charge in [-0.15, -0.1) is 11.3 Å². The van der Waals surface area contributed by atoms with Gasteiger partial charge in [-0.3, -0.25) is 4.79 Å². The molecule has 2 aromatic rings. The van der Waals surface area contributed by atoms with E-state index in [9.17, 15) is 9.59 Å². The average Bonchev–Trinajstić information content (AvgIpc) is 3.09. The maximum atomic E-state index is 12.2. The monoisotopic (exact) mass is 465 g/mol. The van der Waals surface area contributed by atoms with E-state index in [0.717, 1.165) is 33.6 Å². The highest BCUT2D eigenvalue weighted by molar-refractivity contribution is 9.10. The van der Waals surface area contributed by atoms with Crippen molar-refractivity contribution in [1.29, 1.82) is 0 Å². The molecule has 0 aliphatic carbocycles. The fourth-order valence-electron chi connectivity index (χ4n) is 3.27. The van der Waals surface area contributed by atoms with E-state index in [4.69, 9.17) is 9.72 Å². The summed E-state index contributed by atoms with van der Waals surface area (Å²) in [6.07, 6.45) is 1.75. The third kappa shape index (κ3) is 5.11. The SMILES string of the molecule is CCOC(=O)CNC(=O)N1CCC(c2nc(-c3ccc(Br)cc3)c(C)s2)CC1. The number of aromatic nitrogens is 1. The van der Waals surface area contributed by atoms with Crippen LogP contribution in [0, 0.1) is 6.92 Å². The predicted molar refractivity (Wildman–Crippen MR) is 114 cm³/mol. The number of hydrogen-bond donors (Lipinski definition) is 1. The first-order valence-electron chi connectivity index (χ1n) is 9.39. The van der Waals surface area contributed by atoms with Gasteiger partial charge in [0, 0.05) is 33.9 Å². The molecule has 0 saturated carbocycles. The van der Waals surface area contributed by atoms with Gasteiger partial charge in [-0.2, -0.15) is 0 Å². The van der Waals surface area contributed by atoms with Gasteiger partial charge in [-0.05, 0) is 38.8 Å². The highest BCUT2D eigenvalue weighted by Gasteiger charge is 2.26. The Kier molecular flexibility index (Phi) is 7.07. The molecule has 1 aromatic heterocycles. The Balaban J connectivity index is 1.56. The van der Waals surface area contributed by atoms with Crippen molar-refractivity contribution >= 4 is 39.3 Å². The zero-order chi connectivity index (χ0) is 20.1. The Morgan fingerprint density at radius 3 is 2.61 bits per heavy atom. The molecule has 0 unspecified atom stereocenters. The second kappa shape index (κ2) is 9.52. The number of nitrogens with zero attached hydrogens (tertiary/aromatic N) is 2. The molecular formula is C20H24BrN3O3S. The minimum absolute atomic E-state index is 0.0885. The third-order valence-electron chi connectivity index (χ3n) is 4.75. The number of rotatable bonds is 5. The molecule has 0 spiro atoms. The molecule has 1 aliphatic rings.